The Labute approximate surface area is 181 Å². The molecule has 1 aromatic carbocycles. The van der Waals surface area contributed by atoms with E-state index in [0.717, 1.165) is 70.5 Å². The number of hydrogen-bond acceptors (Lipinski definition) is 4. The zero-order valence-electron chi connectivity index (χ0n) is 18.5. The second kappa shape index (κ2) is 13.5. The predicted octanol–water partition coefficient (Wildman–Crippen LogP) is 3.90. The minimum absolute atomic E-state index is 0.395. The molecule has 2 fully saturated rings. The lowest BCUT2D eigenvalue weighted by Gasteiger charge is -2.23. The summed E-state index contributed by atoms with van der Waals surface area (Å²) in [6.07, 6.45) is 9.93. The second-order valence-corrected chi connectivity index (χ2v) is 8.36. The van der Waals surface area contributed by atoms with Crippen molar-refractivity contribution in [2.24, 2.45) is 10.9 Å². The first kappa shape index (κ1) is 22.9. The molecule has 1 aliphatic heterocycles. The molecule has 0 unspecified atom stereocenters. The van der Waals surface area contributed by atoms with Crippen molar-refractivity contribution in [1.82, 2.24) is 10.6 Å². The Morgan fingerprint density at radius 3 is 2.53 bits per heavy atom. The Hall–Kier alpha value is -1.79. The summed E-state index contributed by atoms with van der Waals surface area (Å²) in [5.41, 5.74) is 1.22. The van der Waals surface area contributed by atoms with Gasteiger partial charge < -0.3 is 24.8 Å². The molecule has 0 radical (unpaired) electrons. The Morgan fingerprint density at radius 1 is 1.03 bits per heavy atom. The molecular formula is C24H39N3O3. The van der Waals surface area contributed by atoms with E-state index in [4.69, 9.17) is 14.2 Å². The molecule has 2 aliphatic rings. The summed E-state index contributed by atoms with van der Waals surface area (Å²) < 4.78 is 17.3. The molecule has 6 nitrogen and oxygen atoms in total. The van der Waals surface area contributed by atoms with Gasteiger partial charge in [0, 0.05) is 46.6 Å². The molecule has 3 rings (SSSR count). The molecule has 1 saturated carbocycles. The van der Waals surface area contributed by atoms with Crippen LogP contribution < -0.4 is 15.4 Å². The van der Waals surface area contributed by atoms with Gasteiger partial charge in [-0.3, -0.25) is 4.99 Å². The predicted molar refractivity (Wildman–Crippen MR) is 121 cm³/mol. The third kappa shape index (κ3) is 8.52. The molecule has 1 aliphatic carbocycles. The first-order valence-electron chi connectivity index (χ1n) is 11.7. The van der Waals surface area contributed by atoms with Gasteiger partial charge in [-0.05, 0) is 68.6 Å². The van der Waals surface area contributed by atoms with Crippen molar-refractivity contribution in [3.05, 3.63) is 29.8 Å². The molecule has 6 heteroatoms. The van der Waals surface area contributed by atoms with Crippen LogP contribution in [0.3, 0.4) is 0 Å². The fourth-order valence-electron chi connectivity index (χ4n) is 4.01. The lowest BCUT2D eigenvalue weighted by molar-refractivity contribution is 0.0203. The van der Waals surface area contributed by atoms with Gasteiger partial charge in [-0.25, -0.2) is 0 Å². The van der Waals surface area contributed by atoms with E-state index in [1.54, 1.807) is 7.05 Å². The van der Waals surface area contributed by atoms with E-state index in [9.17, 15) is 0 Å². The number of nitrogens with one attached hydrogen (secondary N) is 2. The topological polar surface area (TPSA) is 64.1 Å². The largest absolute Gasteiger partial charge is 0.490 e. The van der Waals surface area contributed by atoms with Crippen molar-refractivity contribution < 1.29 is 14.2 Å². The highest BCUT2D eigenvalue weighted by Crippen LogP contribution is 2.23. The van der Waals surface area contributed by atoms with Crippen LogP contribution in [0, 0.1) is 5.92 Å². The maximum absolute atomic E-state index is 6.11. The Morgan fingerprint density at radius 2 is 1.80 bits per heavy atom. The van der Waals surface area contributed by atoms with E-state index in [0.29, 0.717) is 12.0 Å². The summed E-state index contributed by atoms with van der Waals surface area (Å²) in [5.74, 6) is 2.47. The molecule has 1 saturated heterocycles. The lowest BCUT2D eigenvalue weighted by atomic mass is 9.98. The van der Waals surface area contributed by atoms with Gasteiger partial charge >= 0.3 is 0 Å². The van der Waals surface area contributed by atoms with Crippen molar-refractivity contribution in [2.75, 3.05) is 40.0 Å². The van der Waals surface area contributed by atoms with Gasteiger partial charge in [0.15, 0.2) is 5.96 Å². The summed E-state index contributed by atoms with van der Waals surface area (Å²) in [7, 11) is 1.80. The van der Waals surface area contributed by atoms with Crippen LogP contribution in [-0.2, 0) is 16.0 Å². The summed E-state index contributed by atoms with van der Waals surface area (Å²) >= 11 is 0. The number of nitrogens with zero attached hydrogens (tertiary/aromatic N) is 1. The number of ether oxygens (including phenoxy) is 3. The van der Waals surface area contributed by atoms with Gasteiger partial charge in [0.05, 0.1) is 6.10 Å². The Kier molecular flexibility index (Phi) is 10.3. The van der Waals surface area contributed by atoms with Gasteiger partial charge in [0.2, 0.25) is 0 Å². The molecule has 168 valence electrons. The summed E-state index contributed by atoms with van der Waals surface area (Å²) in [5, 5.41) is 6.73. The van der Waals surface area contributed by atoms with Crippen molar-refractivity contribution >= 4 is 5.96 Å². The van der Waals surface area contributed by atoms with Crippen LogP contribution in [0.15, 0.2) is 29.3 Å². The first-order chi connectivity index (χ1) is 14.8. The molecule has 0 spiro atoms. The van der Waals surface area contributed by atoms with E-state index in [1.165, 1.54) is 37.7 Å². The van der Waals surface area contributed by atoms with Gasteiger partial charge in [0.25, 0.3) is 0 Å². The SMILES string of the molecule is CN=C(NCCCOCC1CCOCC1)NCc1ccc(OC2CCCCC2)cc1. The fraction of sp³-hybridized carbons (Fsp3) is 0.708. The van der Waals surface area contributed by atoms with Crippen LogP contribution in [0.5, 0.6) is 5.75 Å². The van der Waals surface area contributed by atoms with E-state index >= 15 is 0 Å². The molecule has 0 bridgehead atoms. The minimum Gasteiger partial charge on any atom is -0.490 e. The monoisotopic (exact) mass is 417 g/mol. The summed E-state index contributed by atoms with van der Waals surface area (Å²) in [4.78, 5) is 4.30. The molecule has 0 atom stereocenters. The highest BCUT2D eigenvalue weighted by Gasteiger charge is 2.15. The Bertz CT molecular complexity index is 609. The number of hydrogen-bond donors (Lipinski definition) is 2. The molecule has 1 heterocycles. The maximum Gasteiger partial charge on any atom is 0.191 e. The van der Waals surface area contributed by atoms with Gasteiger partial charge in [0.1, 0.15) is 5.75 Å². The smallest absolute Gasteiger partial charge is 0.191 e. The van der Waals surface area contributed by atoms with Gasteiger partial charge in [-0.15, -0.1) is 0 Å². The fourth-order valence-corrected chi connectivity index (χ4v) is 4.01. The van der Waals surface area contributed by atoms with Crippen molar-refractivity contribution in [1.29, 1.82) is 0 Å². The van der Waals surface area contributed by atoms with Crippen LogP contribution in [0.2, 0.25) is 0 Å². The van der Waals surface area contributed by atoms with E-state index in [1.807, 2.05) is 0 Å². The van der Waals surface area contributed by atoms with E-state index in [2.05, 4.69) is 39.9 Å². The van der Waals surface area contributed by atoms with Gasteiger partial charge in [-0.2, -0.15) is 0 Å². The average molecular weight is 418 g/mol. The summed E-state index contributed by atoms with van der Waals surface area (Å²) in [6.45, 7) is 4.99. The highest BCUT2D eigenvalue weighted by molar-refractivity contribution is 5.79. The van der Waals surface area contributed by atoms with Crippen LogP contribution in [0.4, 0.5) is 0 Å². The molecule has 30 heavy (non-hydrogen) atoms. The number of benzene rings is 1. The van der Waals surface area contributed by atoms with Crippen LogP contribution in [0.25, 0.3) is 0 Å². The van der Waals surface area contributed by atoms with Crippen molar-refractivity contribution in [2.45, 2.75) is 64.0 Å². The summed E-state index contributed by atoms with van der Waals surface area (Å²) in [6, 6.07) is 8.42. The molecule has 0 aromatic heterocycles. The molecule has 2 N–H and O–H groups in total. The quantitative estimate of drug-likeness (QED) is 0.343. The van der Waals surface area contributed by atoms with Crippen LogP contribution in [0.1, 0.15) is 56.9 Å². The molecule has 0 amide bonds. The Balaban J connectivity index is 1.26. The zero-order valence-corrected chi connectivity index (χ0v) is 18.5. The maximum atomic E-state index is 6.11. The first-order valence-corrected chi connectivity index (χ1v) is 11.7. The standard InChI is InChI=1S/C24H39N3O3/c1-25-24(26-14-5-15-29-19-21-12-16-28-17-13-21)27-18-20-8-10-23(11-9-20)30-22-6-3-2-4-7-22/h8-11,21-22H,2-7,12-19H2,1H3,(H2,25,26,27). The lowest BCUT2D eigenvalue weighted by Crippen LogP contribution is -2.37. The van der Waals surface area contributed by atoms with Crippen LogP contribution in [-0.4, -0.2) is 52.1 Å². The number of guanidine groups is 1. The second-order valence-electron chi connectivity index (χ2n) is 8.36. The van der Waals surface area contributed by atoms with Crippen LogP contribution >= 0.6 is 0 Å². The third-order valence-electron chi connectivity index (χ3n) is 5.91. The number of aliphatic imine (C=N–C) groups is 1. The molecular weight excluding hydrogens is 378 g/mol. The minimum atomic E-state index is 0.395. The average Bonchev–Trinajstić information content (AvgIpc) is 2.80. The van der Waals surface area contributed by atoms with Crippen molar-refractivity contribution in [3.8, 4) is 5.75 Å². The van der Waals surface area contributed by atoms with Gasteiger partial charge in [-0.1, -0.05) is 18.6 Å². The zero-order chi connectivity index (χ0) is 20.9. The third-order valence-corrected chi connectivity index (χ3v) is 5.91. The molecule has 1 aromatic rings. The highest BCUT2D eigenvalue weighted by atomic mass is 16.5. The van der Waals surface area contributed by atoms with Crippen molar-refractivity contribution in [3.63, 3.8) is 0 Å². The van der Waals surface area contributed by atoms with E-state index in [-0.39, 0.29) is 0 Å². The number of rotatable bonds is 10. The van der Waals surface area contributed by atoms with E-state index < -0.39 is 0 Å². The normalized spacial score (nSPS) is 18.9.